The summed E-state index contributed by atoms with van der Waals surface area (Å²) >= 11 is 11.7. The Hall–Kier alpha value is -0.330. The van der Waals surface area contributed by atoms with Gasteiger partial charge in [-0.15, -0.1) is 0 Å². The number of sulfonamides is 1. The van der Waals surface area contributed by atoms with E-state index in [1.54, 1.807) is 18.2 Å². The maximum Gasteiger partial charge on any atom is 0.216 e. The molecule has 0 amide bonds. The predicted molar refractivity (Wildman–Crippen MR) is 82.6 cm³/mol. The zero-order valence-corrected chi connectivity index (χ0v) is 13.8. The van der Waals surface area contributed by atoms with Crippen molar-refractivity contribution in [2.45, 2.75) is 32.1 Å². The van der Waals surface area contributed by atoms with Crippen LogP contribution in [0.25, 0.3) is 0 Å². The van der Waals surface area contributed by atoms with Gasteiger partial charge < -0.3 is 5.11 Å². The van der Waals surface area contributed by atoms with E-state index < -0.39 is 10.0 Å². The van der Waals surface area contributed by atoms with Crippen molar-refractivity contribution in [2.24, 2.45) is 5.92 Å². The standard InChI is InChI=1S/C13H19Cl2NO3S/c1-9(2)13(5-6-17)16-20(18,19)8-10-3-4-11(14)12(15)7-10/h3-4,7,9,13,16-17H,5-6,8H2,1-2H3. The minimum atomic E-state index is -3.49. The molecule has 0 aliphatic rings. The molecule has 1 aromatic rings. The van der Waals surface area contributed by atoms with Crippen molar-refractivity contribution in [3.05, 3.63) is 33.8 Å². The maximum absolute atomic E-state index is 12.1. The van der Waals surface area contributed by atoms with Gasteiger partial charge in [-0.25, -0.2) is 13.1 Å². The van der Waals surface area contributed by atoms with E-state index in [9.17, 15) is 8.42 Å². The summed E-state index contributed by atoms with van der Waals surface area (Å²) < 4.78 is 26.8. The normalized spacial score (nSPS) is 13.7. The van der Waals surface area contributed by atoms with Gasteiger partial charge >= 0.3 is 0 Å². The van der Waals surface area contributed by atoms with Crippen molar-refractivity contribution in [1.29, 1.82) is 0 Å². The molecule has 0 aliphatic carbocycles. The third-order valence-corrected chi connectivity index (χ3v) is 5.03. The van der Waals surface area contributed by atoms with Crippen molar-refractivity contribution in [3.8, 4) is 0 Å². The molecule has 0 fully saturated rings. The third kappa shape index (κ3) is 5.58. The first-order valence-electron chi connectivity index (χ1n) is 6.30. The molecule has 0 saturated heterocycles. The molecule has 0 radical (unpaired) electrons. The van der Waals surface area contributed by atoms with Crippen LogP contribution in [-0.2, 0) is 15.8 Å². The summed E-state index contributed by atoms with van der Waals surface area (Å²) in [5.74, 6) is -0.0656. The van der Waals surface area contributed by atoms with E-state index in [0.717, 1.165) is 0 Å². The molecule has 1 unspecified atom stereocenters. The van der Waals surface area contributed by atoms with E-state index in [1.807, 2.05) is 13.8 Å². The number of hydrogen-bond donors (Lipinski definition) is 2. The highest BCUT2D eigenvalue weighted by Gasteiger charge is 2.21. The third-order valence-electron chi connectivity index (χ3n) is 2.92. The Morgan fingerprint density at radius 1 is 1.25 bits per heavy atom. The number of hydrogen-bond acceptors (Lipinski definition) is 3. The van der Waals surface area contributed by atoms with Crippen LogP contribution in [-0.4, -0.2) is 26.2 Å². The van der Waals surface area contributed by atoms with Crippen LogP contribution >= 0.6 is 23.2 Å². The van der Waals surface area contributed by atoms with Crippen LogP contribution in [0.2, 0.25) is 10.0 Å². The number of aliphatic hydroxyl groups excluding tert-OH is 1. The lowest BCUT2D eigenvalue weighted by molar-refractivity contribution is 0.256. The van der Waals surface area contributed by atoms with Crippen LogP contribution in [0.5, 0.6) is 0 Å². The Balaban J connectivity index is 2.80. The Morgan fingerprint density at radius 2 is 1.90 bits per heavy atom. The van der Waals surface area contributed by atoms with E-state index in [4.69, 9.17) is 28.3 Å². The van der Waals surface area contributed by atoms with Crippen molar-refractivity contribution in [2.75, 3.05) is 6.61 Å². The second-order valence-electron chi connectivity index (χ2n) is 4.99. The number of aliphatic hydroxyl groups is 1. The van der Waals surface area contributed by atoms with Gasteiger partial charge in [-0.1, -0.05) is 43.1 Å². The van der Waals surface area contributed by atoms with E-state index in [2.05, 4.69) is 4.72 Å². The second kappa shape index (κ2) is 7.61. The molecule has 0 spiro atoms. The van der Waals surface area contributed by atoms with Gasteiger partial charge in [-0.05, 0) is 30.0 Å². The van der Waals surface area contributed by atoms with E-state index in [0.29, 0.717) is 22.0 Å². The zero-order chi connectivity index (χ0) is 15.3. The summed E-state index contributed by atoms with van der Waals surface area (Å²) in [5.41, 5.74) is 0.568. The van der Waals surface area contributed by atoms with Crippen LogP contribution in [0.4, 0.5) is 0 Å². The van der Waals surface area contributed by atoms with Crippen molar-refractivity contribution < 1.29 is 13.5 Å². The maximum atomic E-state index is 12.1. The SMILES string of the molecule is CC(C)C(CCO)NS(=O)(=O)Cc1ccc(Cl)c(Cl)c1. The van der Waals surface area contributed by atoms with Gasteiger partial charge in [0, 0.05) is 12.6 Å². The molecule has 1 aromatic carbocycles. The predicted octanol–water partition coefficient (Wildman–Crippen LogP) is 2.82. The van der Waals surface area contributed by atoms with E-state index >= 15 is 0 Å². The molecular formula is C13H19Cl2NO3S. The number of benzene rings is 1. The number of halogens is 2. The molecule has 1 atom stereocenters. The van der Waals surface area contributed by atoms with Gasteiger partial charge in [-0.2, -0.15) is 0 Å². The van der Waals surface area contributed by atoms with Gasteiger partial charge in [0.25, 0.3) is 0 Å². The summed E-state index contributed by atoms with van der Waals surface area (Å²) in [4.78, 5) is 0. The average Bonchev–Trinajstić information content (AvgIpc) is 2.32. The number of nitrogens with one attached hydrogen (secondary N) is 1. The first kappa shape index (κ1) is 17.7. The molecule has 20 heavy (non-hydrogen) atoms. The Kier molecular flexibility index (Phi) is 6.75. The molecule has 1 rings (SSSR count). The lowest BCUT2D eigenvalue weighted by Crippen LogP contribution is -2.39. The smallest absolute Gasteiger partial charge is 0.216 e. The minimum absolute atomic E-state index is 0.0574. The molecule has 114 valence electrons. The second-order valence-corrected chi connectivity index (χ2v) is 7.56. The molecule has 0 aliphatic heterocycles. The highest BCUT2D eigenvalue weighted by atomic mass is 35.5. The van der Waals surface area contributed by atoms with Crippen LogP contribution in [0.3, 0.4) is 0 Å². The monoisotopic (exact) mass is 339 g/mol. The fraction of sp³-hybridized carbons (Fsp3) is 0.538. The summed E-state index contributed by atoms with van der Waals surface area (Å²) in [7, 11) is -3.49. The highest BCUT2D eigenvalue weighted by molar-refractivity contribution is 7.88. The largest absolute Gasteiger partial charge is 0.396 e. The summed E-state index contributed by atoms with van der Waals surface area (Å²) in [6.07, 6.45) is 0.387. The van der Waals surface area contributed by atoms with Crippen molar-refractivity contribution >= 4 is 33.2 Å². The molecule has 0 saturated carbocycles. The quantitative estimate of drug-likeness (QED) is 0.802. The molecule has 0 bridgehead atoms. The first-order valence-corrected chi connectivity index (χ1v) is 8.71. The van der Waals surface area contributed by atoms with Gasteiger partial charge in [0.15, 0.2) is 0 Å². The van der Waals surface area contributed by atoms with Crippen molar-refractivity contribution in [3.63, 3.8) is 0 Å². The van der Waals surface area contributed by atoms with Gasteiger partial charge in [0.1, 0.15) is 0 Å². The van der Waals surface area contributed by atoms with Crippen LogP contribution in [0, 0.1) is 5.92 Å². The molecule has 7 heteroatoms. The van der Waals surface area contributed by atoms with Gasteiger partial charge in [0.2, 0.25) is 10.0 Å². The van der Waals surface area contributed by atoms with Crippen LogP contribution in [0.1, 0.15) is 25.8 Å². The average molecular weight is 340 g/mol. The summed E-state index contributed by atoms with van der Waals surface area (Å²) in [6.45, 7) is 3.75. The Labute approximate surface area is 130 Å². The van der Waals surface area contributed by atoms with E-state index in [-0.39, 0.29) is 24.3 Å². The van der Waals surface area contributed by atoms with Crippen molar-refractivity contribution in [1.82, 2.24) is 4.72 Å². The minimum Gasteiger partial charge on any atom is -0.396 e. The molecular weight excluding hydrogens is 321 g/mol. The Bertz CT molecular complexity index is 547. The zero-order valence-electron chi connectivity index (χ0n) is 11.4. The summed E-state index contributed by atoms with van der Waals surface area (Å²) in [5, 5.41) is 9.69. The first-order chi connectivity index (χ1) is 9.25. The highest BCUT2D eigenvalue weighted by Crippen LogP contribution is 2.23. The van der Waals surface area contributed by atoms with Crippen LogP contribution in [0.15, 0.2) is 18.2 Å². The summed E-state index contributed by atoms with van der Waals surface area (Å²) in [6, 6.07) is 4.46. The lowest BCUT2D eigenvalue weighted by atomic mass is 10.0. The fourth-order valence-corrected chi connectivity index (χ4v) is 3.66. The topological polar surface area (TPSA) is 66.4 Å². The molecule has 0 aromatic heterocycles. The number of rotatable bonds is 7. The molecule has 2 N–H and O–H groups in total. The fourth-order valence-electron chi connectivity index (χ4n) is 1.79. The van der Waals surface area contributed by atoms with Gasteiger partial charge in [-0.3, -0.25) is 0 Å². The van der Waals surface area contributed by atoms with Crippen LogP contribution < -0.4 is 4.72 Å². The Morgan fingerprint density at radius 3 is 2.40 bits per heavy atom. The van der Waals surface area contributed by atoms with E-state index in [1.165, 1.54) is 0 Å². The molecule has 4 nitrogen and oxygen atoms in total. The van der Waals surface area contributed by atoms with Gasteiger partial charge in [0.05, 0.1) is 15.8 Å². The molecule has 0 heterocycles. The lowest BCUT2D eigenvalue weighted by Gasteiger charge is -2.21.